The fraction of sp³-hybridized carbons (Fsp3) is 0.556. The molecule has 0 unspecified atom stereocenters. The number of nitrogens with two attached hydrogens (primary N) is 1. The number of guanidine groups is 1. The Morgan fingerprint density at radius 2 is 1.86 bits per heavy atom. The number of ether oxygens (including phenoxy) is 1. The summed E-state index contributed by atoms with van der Waals surface area (Å²) in [7, 11) is -0.333. The normalized spacial score (nSPS) is 11.9. The quantitative estimate of drug-likeness (QED) is 0.272. The van der Waals surface area contributed by atoms with Crippen LogP contribution in [0, 0.1) is 0 Å². The molecule has 1 rings (SSSR count). The van der Waals surface area contributed by atoms with Gasteiger partial charge in [0.15, 0.2) is 5.96 Å². The van der Waals surface area contributed by atoms with Crippen molar-refractivity contribution in [1.82, 2.24) is 15.5 Å². The minimum Gasteiger partial charge on any atom is -0.382 e. The van der Waals surface area contributed by atoms with Crippen LogP contribution in [0.25, 0.3) is 0 Å². The fourth-order valence-electron chi connectivity index (χ4n) is 2.13. The maximum absolute atomic E-state index is 11.8. The summed E-state index contributed by atoms with van der Waals surface area (Å²) in [5, 5.41) is 11.3. The Balaban J connectivity index is 2.66. The number of nitrogens with zero attached hydrogens (tertiary/aromatic N) is 2. The molecule has 0 aliphatic rings. The standard InChI is InChI=1S/C18H31N5O4S/c1-4-27-12-6-5-11-20-18(22-14-17(24)23(2)3)21-13-15-7-9-16(10-8-15)28(19,25)26/h7-10H,4-6,11-14H2,1-3H3,(H2,19,25,26)(H2,20,21,22). The van der Waals surface area contributed by atoms with E-state index in [0.29, 0.717) is 32.3 Å². The number of likely N-dealkylation sites (N-methyl/N-ethyl adjacent to an activating group) is 1. The van der Waals surface area contributed by atoms with Crippen molar-refractivity contribution < 1.29 is 17.9 Å². The van der Waals surface area contributed by atoms with E-state index in [1.165, 1.54) is 17.0 Å². The van der Waals surface area contributed by atoms with E-state index in [9.17, 15) is 13.2 Å². The molecule has 0 bridgehead atoms. The number of aliphatic imine (C=N–C) groups is 1. The van der Waals surface area contributed by atoms with Crippen molar-refractivity contribution in [2.24, 2.45) is 10.1 Å². The van der Waals surface area contributed by atoms with Gasteiger partial charge in [0.25, 0.3) is 0 Å². The lowest BCUT2D eigenvalue weighted by Gasteiger charge is -2.15. The summed E-state index contributed by atoms with van der Waals surface area (Å²) < 4.78 is 27.9. The highest BCUT2D eigenvalue weighted by molar-refractivity contribution is 7.89. The molecule has 0 spiro atoms. The molecule has 1 aromatic rings. The number of nitrogens with one attached hydrogen (secondary N) is 2. The molecule has 0 radical (unpaired) electrons. The van der Waals surface area contributed by atoms with Crippen LogP contribution in [0.1, 0.15) is 25.3 Å². The van der Waals surface area contributed by atoms with Gasteiger partial charge in [-0.2, -0.15) is 0 Å². The Morgan fingerprint density at radius 1 is 1.18 bits per heavy atom. The summed E-state index contributed by atoms with van der Waals surface area (Å²) >= 11 is 0. The molecular formula is C18H31N5O4S. The van der Waals surface area contributed by atoms with Crippen LogP contribution in [0.5, 0.6) is 0 Å². The summed E-state index contributed by atoms with van der Waals surface area (Å²) in [4.78, 5) is 17.8. The lowest BCUT2D eigenvalue weighted by Crippen LogP contribution is -2.43. The smallest absolute Gasteiger partial charge is 0.241 e. The van der Waals surface area contributed by atoms with Crippen LogP contribution in [0.3, 0.4) is 0 Å². The summed E-state index contributed by atoms with van der Waals surface area (Å²) in [5.41, 5.74) is 0.823. The molecule has 0 atom stereocenters. The number of carbonyl (C=O) groups excluding carboxylic acids is 1. The third-order valence-electron chi connectivity index (χ3n) is 3.79. The molecule has 0 heterocycles. The molecule has 0 aliphatic carbocycles. The van der Waals surface area contributed by atoms with Crippen LogP contribution >= 0.6 is 0 Å². The third kappa shape index (κ3) is 9.67. The molecule has 1 amide bonds. The van der Waals surface area contributed by atoms with Crippen LogP contribution in [0.4, 0.5) is 0 Å². The average molecular weight is 414 g/mol. The Kier molecular flexibility index (Phi) is 10.5. The first-order valence-electron chi connectivity index (χ1n) is 9.16. The van der Waals surface area contributed by atoms with Gasteiger partial charge < -0.3 is 20.3 Å². The van der Waals surface area contributed by atoms with Gasteiger partial charge in [0, 0.05) is 33.9 Å². The zero-order valence-electron chi connectivity index (χ0n) is 16.8. The van der Waals surface area contributed by atoms with Crippen LogP contribution in [0.15, 0.2) is 34.2 Å². The first-order valence-corrected chi connectivity index (χ1v) is 10.7. The molecule has 28 heavy (non-hydrogen) atoms. The van der Waals surface area contributed by atoms with Gasteiger partial charge in [-0.1, -0.05) is 12.1 Å². The molecule has 0 aromatic heterocycles. The van der Waals surface area contributed by atoms with Crippen molar-refractivity contribution in [1.29, 1.82) is 0 Å². The molecule has 9 nitrogen and oxygen atoms in total. The van der Waals surface area contributed by atoms with Crippen LogP contribution in [-0.4, -0.2) is 65.6 Å². The summed E-state index contributed by atoms with van der Waals surface area (Å²) in [6, 6.07) is 6.22. The number of hydrogen-bond donors (Lipinski definition) is 3. The molecule has 0 fully saturated rings. The molecule has 4 N–H and O–H groups in total. The second kappa shape index (κ2) is 12.3. The highest BCUT2D eigenvalue weighted by atomic mass is 32.2. The van der Waals surface area contributed by atoms with Crippen molar-refractivity contribution in [3.05, 3.63) is 29.8 Å². The SMILES string of the molecule is CCOCCCCNC(=NCc1ccc(S(N)(=O)=O)cc1)NCC(=O)N(C)C. The van der Waals surface area contributed by atoms with Gasteiger partial charge in [-0.15, -0.1) is 0 Å². The number of benzene rings is 1. The minimum absolute atomic E-state index is 0.0579. The largest absolute Gasteiger partial charge is 0.382 e. The van der Waals surface area contributed by atoms with Gasteiger partial charge in [-0.05, 0) is 37.5 Å². The molecule has 0 saturated heterocycles. The van der Waals surface area contributed by atoms with E-state index in [1.54, 1.807) is 26.2 Å². The predicted octanol–water partition coefficient (Wildman–Crippen LogP) is 0.274. The van der Waals surface area contributed by atoms with E-state index in [4.69, 9.17) is 9.88 Å². The molecule has 0 saturated carbocycles. The number of carbonyl (C=O) groups is 1. The Hall–Kier alpha value is -2.17. The Labute approximate surface area is 167 Å². The topological polar surface area (TPSA) is 126 Å². The number of sulfonamides is 1. The van der Waals surface area contributed by atoms with Crippen LogP contribution in [-0.2, 0) is 26.1 Å². The lowest BCUT2D eigenvalue weighted by molar-refractivity contribution is -0.127. The number of primary sulfonamides is 1. The number of hydrogen-bond acceptors (Lipinski definition) is 5. The molecular weight excluding hydrogens is 382 g/mol. The number of amides is 1. The fourth-order valence-corrected chi connectivity index (χ4v) is 2.64. The van der Waals surface area contributed by atoms with Crippen molar-refractivity contribution >= 4 is 21.9 Å². The molecule has 158 valence electrons. The van der Waals surface area contributed by atoms with Crippen LogP contribution in [0.2, 0.25) is 0 Å². The zero-order valence-corrected chi connectivity index (χ0v) is 17.6. The van der Waals surface area contributed by atoms with Crippen molar-refractivity contribution in [2.75, 3.05) is 40.4 Å². The van der Waals surface area contributed by atoms with Gasteiger partial charge in [0.1, 0.15) is 0 Å². The summed E-state index contributed by atoms with van der Waals surface area (Å²) in [6.45, 7) is 4.53. The lowest BCUT2D eigenvalue weighted by atomic mass is 10.2. The van der Waals surface area contributed by atoms with E-state index in [2.05, 4.69) is 15.6 Å². The second-order valence-corrected chi connectivity index (χ2v) is 7.89. The highest BCUT2D eigenvalue weighted by Crippen LogP contribution is 2.09. The van der Waals surface area contributed by atoms with Crippen molar-refractivity contribution in [3.8, 4) is 0 Å². The van der Waals surface area contributed by atoms with E-state index < -0.39 is 10.0 Å². The first kappa shape index (κ1) is 23.9. The van der Waals surface area contributed by atoms with Crippen molar-refractivity contribution in [2.45, 2.75) is 31.2 Å². The van der Waals surface area contributed by atoms with Gasteiger partial charge in [-0.25, -0.2) is 18.5 Å². The maximum atomic E-state index is 11.8. The number of unbranched alkanes of at least 4 members (excludes halogenated alkanes) is 1. The van der Waals surface area contributed by atoms with E-state index in [-0.39, 0.29) is 17.3 Å². The second-order valence-electron chi connectivity index (χ2n) is 6.33. The highest BCUT2D eigenvalue weighted by Gasteiger charge is 2.08. The van der Waals surface area contributed by atoms with E-state index in [1.807, 2.05) is 6.92 Å². The maximum Gasteiger partial charge on any atom is 0.241 e. The van der Waals surface area contributed by atoms with Crippen molar-refractivity contribution in [3.63, 3.8) is 0 Å². The first-order chi connectivity index (χ1) is 13.2. The minimum atomic E-state index is -3.71. The summed E-state index contributed by atoms with van der Waals surface area (Å²) in [5.74, 6) is 0.450. The van der Waals surface area contributed by atoms with Gasteiger partial charge in [-0.3, -0.25) is 4.79 Å². The molecule has 10 heteroatoms. The Bertz CT molecular complexity index is 733. The van der Waals surface area contributed by atoms with Gasteiger partial charge >= 0.3 is 0 Å². The monoisotopic (exact) mass is 413 g/mol. The van der Waals surface area contributed by atoms with E-state index >= 15 is 0 Å². The molecule has 1 aromatic carbocycles. The van der Waals surface area contributed by atoms with E-state index in [0.717, 1.165) is 18.4 Å². The van der Waals surface area contributed by atoms with Gasteiger partial charge in [0.2, 0.25) is 15.9 Å². The molecule has 0 aliphatic heterocycles. The predicted molar refractivity (Wildman–Crippen MR) is 109 cm³/mol. The Morgan fingerprint density at radius 3 is 2.43 bits per heavy atom. The zero-order chi connectivity index (χ0) is 21.0. The third-order valence-corrected chi connectivity index (χ3v) is 4.72. The van der Waals surface area contributed by atoms with Crippen LogP contribution < -0.4 is 15.8 Å². The number of rotatable bonds is 11. The summed E-state index contributed by atoms with van der Waals surface area (Å²) in [6.07, 6.45) is 1.84. The van der Waals surface area contributed by atoms with Gasteiger partial charge in [0.05, 0.1) is 18.0 Å². The average Bonchev–Trinajstić information content (AvgIpc) is 2.65.